The molecular weight excluding hydrogens is 468 g/mol. The van der Waals surface area contributed by atoms with Crippen molar-refractivity contribution in [1.82, 2.24) is 24.4 Å². The lowest BCUT2D eigenvalue weighted by Gasteiger charge is -2.35. The molecule has 0 bridgehead atoms. The van der Waals surface area contributed by atoms with Gasteiger partial charge in [0.25, 0.3) is 5.91 Å². The number of aromatic nitrogens is 4. The van der Waals surface area contributed by atoms with Gasteiger partial charge in [-0.2, -0.15) is 4.98 Å². The van der Waals surface area contributed by atoms with Gasteiger partial charge in [0.2, 0.25) is 11.7 Å². The van der Waals surface area contributed by atoms with Crippen LogP contribution >= 0.6 is 0 Å². The molecule has 3 aromatic heterocycles. The fraction of sp³-hybridized carbons (Fsp3) is 0.292. The summed E-state index contributed by atoms with van der Waals surface area (Å²) in [6, 6.07) is 8.94. The SMILES string of the molecule is COC(=O)N1CC(c2nc(-c3ccc(C)c(NC(=O)c4cnc5ccc(OCCO)cn45)c3)no2)C1. The molecule has 0 radical (unpaired) electrons. The molecule has 1 fully saturated rings. The molecule has 0 aliphatic carbocycles. The Kier molecular flexibility index (Phi) is 6.25. The second kappa shape index (κ2) is 9.66. The second-order valence-corrected chi connectivity index (χ2v) is 8.32. The van der Waals surface area contributed by atoms with Gasteiger partial charge < -0.3 is 29.3 Å². The number of aliphatic hydroxyl groups excluding tert-OH is 1. The number of amides is 2. The highest BCUT2D eigenvalue weighted by Crippen LogP contribution is 2.29. The van der Waals surface area contributed by atoms with Crippen LogP contribution in [-0.4, -0.2) is 74.9 Å². The van der Waals surface area contributed by atoms with E-state index in [2.05, 4.69) is 20.4 Å². The van der Waals surface area contributed by atoms with E-state index in [-0.39, 0.29) is 31.1 Å². The molecule has 1 saturated heterocycles. The van der Waals surface area contributed by atoms with Crippen molar-refractivity contribution in [2.24, 2.45) is 0 Å². The highest BCUT2D eigenvalue weighted by molar-refractivity contribution is 6.04. The third-order valence-electron chi connectivity index (χ3n) is 5.92. The predicted molar refractivity (Wildman–Crippen MR) is 127 cm³/mol. The van der Waals surface area contributed by atoms with Crippen LogP contribution in [0.2, 0.25) is 0 Å². The van der Waals surface area contributed by atoms with Crippen LogP contribution < -0.4 is 10.1 Å². The number of ether oxygens (including phenoxy) is 2. The quantitative estimate of drug-likeness (QED) is 0.397. The molecule has 1 aromatic carbocycles. The first kappa shape index (κ1) is 23.3. The number of anilines is 1. The van der Waals surface area contributed by atoms with E-state index in [4.69, 9.17) is 19.1 Å². The highest BCUT2D eigenvalue weighted by Gasteiger charge is 2.36. The van der Waals surface area contributed by atoms with Crippen molar-refractivity contribution >= 4 is 23.3 Å². The monoisotopic (exact) mass is 492 g/mol. The number of likely N-dealkylation sites (tertiary alicyclic amines) is 1. The van der Waals surface area contributed by atoms with Gasteiger partial charge >= 0.3 is 6.09 Å². The number of nitrogens with zero attached hydrogens (tertiary/aromatic N) is 5. The first-order valence-corrected chi connectivity index (χ1v) is 11.3. The summed E-state index contributed by atoms with van der Waals surface area (Å²) in [6.07, 6.45) is 2.75. The summed E-state index contributed by atoms with van der Waals surface area (Å²) in [5, 5.41) is 16.0. The van der Waals surface area contributed by atoms with Crippen molar-refractivity contribution in [1.29, 1.82) is 0 Å². The predicted octanol–water partition coefficient (Wildman–Crippen LogP) is 2.48. The first-order chi connectivity index (χ1) is 17.5. The molecule has 0 atom stereocenters. The minimum Gasteiger partial charge on any atom is -0.490 e. The fourth-order valence-corrected chi connectivity index (χ4v) is 3.89. The zero-order chi connectivity index (χ0) is 25.2. The van der Waals surface area contributed by atoms with Gasteiger partial charge in [0.05, 0.1) is 32.0 Å². The van der Waals surface area contributed by atoms with Crippen LogP contribution in [0, 0.1) is 6.92 Å². The lowest BCUT2D eigenvalue weighted by Crippen LogP contribution is -2.48. The van der Waals surface area contributed by atoms with E-state index in [0.717, 1.165) is 5.56 Å². The van der Waals surface area contributed by atoms with E-state index in [1.54, 1.807) is 33.7 Å². The first-order valence-electron chi connectivity index (χ1n) is 11.3. The molecule has 2 amide bonds. The molecule has 4 heterocycles. The summed E-state index contributed by atoms with van der Waals surface area (Å²) in [7, 11) is 1.34. The van der Waals surface area contributed by atoms with Gasteiger partial charge in [-0.1, -0.05) is 17.3 Å². The summed E-state index contributed by atoms with van der Waals surface area (Å²) in [4.78, 5) is 35.0. The van der Waals surface area contributed by atoms with Crippen LogP contribution in [-0.2, 0) is 4.74 Å². The van der Waals surface area contributed by atoms with E-state index in [0.29, 0.717) is 53.1 Å². The van der Waals surface area contributed by atoms with Gasteiger partial charge in [-0.25, -0.2) is 9.78 Å². The van der Waals surface area contributed by atoms with E-state index in [1.165, 1.54) is 13.3 Å². The van der Waals surface area contributed by atoms with Gasteiger partial charge in [0.15, 0.2) is 0 Å². The molecule has 186 valence electrons. The molecule has 12 heteroatoms. The topological polar surface area (TPSA) is 144 Å². The maximum absolute atomic E-state index is 13.1. The third kappa shape index (κ3) is 4.45. The average Bonchev–Trinajstić information content (AvgIpc) is 3.50. The summed E-state index contributed by atoms with van der Waals surface area (Å²) < 4.78 is 17.2. The molecule has 4 aromatic rings. The number of carbonyl (C=O) groups excluding carboxylic acids is 2. The van der Waals surface area contributed by atoms with Gasteiger partial charge in [-0.3, -0.25) is 9.20 Å². The van der Waals surface area contributed by atoms with Crippen molar-refractivity contribution in [3.63, 3.8) is 0 Å². The smallest absolute Gasteiger partial charge is 0.409 e. The highest BCUT2D eigenvalue weighted by atomic mass is 16.5. The standard InChI is InChI=1S/C24H24N6O6/c1-14-3-4-15(21-27-23(36-28-21)16-11-29(12-16)24(33)34-2)9-18(14)26-22(32)19-10-25-20-6-5-17(13-30(19)20)35-8-7-31/h3-6,9-10,13,16,31H,7-8,11-12H2,1-2H3,(H,26,32). The summed E-state index contributed by atoms with van der Waals surface area (Å²) in [5.41, 5.74) is 3.03. The molecule has 12 nitrogen and oxygen atoms in total. The Bertz CT molecular complexity index is 1420. The number of benzene rings is 1. The lowest BCUT2D eigenvalue weighted by molar-refractivity contribution is 0.0804. The van der Waals surface area contributed by atoms with Gasteiger partial charge in [-0.05, 0) is 30.7 Å². The number of aliphatic hydroxyl groups is 1. The molecule has 0 unspecified atom stereocenters. The van der Waals surface area contributed by atoms with Crippen molar-refractivity contribution in [2.45, 2.75) is 12.8 Å². The molecule has 1 aliphatic rings. The number of imidazole rings is 1. The third-order valence-corrected chi connectivity index (χ3v) is 5.92. The largest absolute Gasteiger partial charge is 0.490 e. The number of fused-ring (bicyclic) bond motifs is 1. The molecule has 5 rings (SSSR count). The summed E-state index contributed by atoms with van der Waals surface area (Å²) >= 11 is 0. The Labute approximate surface area is 205 Å². The maximum Gasteiger partial charge on any atom is 0.409 e. The number of hydrogen-bond acceptors (Lipinski definition) is 9. The summed E-state index contributed by atoms with van der Waals surface area (Å²) in [5.74, 6) is 0.944. The minimum atomic E-state index is -0.384. The number of aryl methyl sites for hydroxylation is 1. The van der Waals surface area contributed by atoms with Crippen molar-refractivity contribution in [3.8, 4) is 17.1 Å². The Morgan fingerprint density at radius 2 is 2.08 bits per heavy atom. The molecule has 0 spiro atoms. The zero-order valence-electron chi connectivity index (χ0n) is 19.7. The molecule has 2 N–H and O–H groups in total. The number of hydrogen-bond donors (Lipinski definition) is 2. The lowest BCUT2D eigenvalue weighted by atomic mass is 10.0. The van der Waals surface area contributed by atoms with Crippen LogP contribution in [0.4, 0.5) is 10.5 Å². The molecular formula is C24H24N6O6. The van der Waals surface area contributed by atoms with Gasteiger partial charge in [-0.15, -0.1) is 0 Å². The van der Waals surface area contributed by atoms with E-state index in [1.807, 2.05) is 19.1 Å². The van der Waals surface area contributed by atoms with Crippen molar-refractivity contribution in [2.75, 3.05) is 38.7 Å². The second-order valence-electron chi connectivity index (χ2n) is 8.32. The Hall–Kier alpha value is -4.45. The number of methoxy groups -OCH3 is 1. The van der Waals surface area contributed by atoms with Crippen LogP contribution in [0.5, 0.6) is 5.75 Å². The Balaban J connectivity index is 1.33. The van der Waals surface area contributed by atoms with Crippen LogP contribution in [0.25, 0.3) is 17.0 Å². The van der Waals surface area contributed by atoms with Gasteiger partial charge in [0, 0.05) is 24.3 Å². The maximum atomic E-state index is 13.1. The van der Waals surface area contributed by atoms with Crippen molar-refractivity contribution < 1.29 is 28.7 Å². The van der Waals surface area contributed by atoms with E-state index >= 15 is 0 Å². The van der Waals surface area contributed by atoms with Crippen LogP contribution in [0.15, 0.2) is 47.2 Å². The number of carbonyl (C=O) groups is 2. The normalized spacial score (nSPS) is 13.5. The minimum absolute atomic E-state index is 0.0450. The average molecular weight is 492 g/mol. The number of nitrogens with one attached hydrogen (secondary N) is 1. The van der Waals surface area contributed by atoms with E-state index in [9.17, 15) is 9.59 Å². The van der Waals surface area contributed by atoms with E-state index < -0.39 is 0 Å². The Morgan fingerprint density at radius 1 is 1.25 bits per heavy atom. The van der Waals surface area contributed by atoms with Crippen molar-refractivity contribution in [3.05, 3.63) is 59.9 Å². The van der Waals surface area contributed by atoms with Crippen LogP contribution in [0.1, 0.15) is 27.9 Å². The van der Waals surface area contributed by atoms with Crippen LogP contribution in [0.3, 0.4) is 0 Å². The fourth-order valence-electron chi connectivity index (χ4n) is 3.89. The Morgan fingerprint density at radius 3 is 2.86 bits per heavy atom. The molecule has 1 aliphatic heterocycles. The molecule has 0 saturated carbocycles. The number of rotatable bonds is 7. The van der Waals surface area contributed by atoms with Gasteiger partial charge in [0.1, 0.15) is 23.7 Å². The number of pyridine rings is 1. The molecule has 36 heavy (non-hydrogen) atoms. The zero-order valence-corrected chi connectivity index (χ0v) is 19.7. The summed E-state index contributed by atoms with van der Waals surface area (Å²) in [6.45, 7) is 2.83.